The molecule has 5 N–H and O–H groups in total. The number of hydrogen-bond acceptors (Lipinski definition) is 4. The van der Waals surface area contributed by atoms with E-state index in [2.05, 4.69) is 5.32 Å². The van der Waals surface area contributed by atoms with Gasteiger partial charge in [-0.15, -0.1) is 0 Å². The summed E-state index contributed by atoms with van der Waals surface area (Å²) < 4.78 is 5.13. The number of benzene rings is 1. The molecule has 2 rings (SSSR count). The van der Waals surface area contributed by atoms with Crippen LogP contribution in [0, 0.1) is 5.41 Å². The molecule has 1 aliphatic carbocycles. The van der Waals surface area contributed by atoms with Crippen LogP contribution in [0.15, 0.2) is 18.2 Å². The first-order chi connectivity index (χ1) is 9.08. The van der Waals surface area contributed by atoms with E-state index in [4.69, 9.17) is 16.2 Å². The van der Waals surface area contributed by atoms with Crippen molar-refractivity contribution < 1.29 is 9.53 Å². The highest BCUT2D eigenvalue weighted by molar-refractivity contribution is 6.01. The van der Waals surface area contributed by atoms with E-state index in [0.29, 0.717) is 16.9 Å². The molecule has 0 aromatic heterocycles. The van der Waals surface area contributed by atoms with Crippen molar-refractivity contribution >= 4 is 17.3 Å². The van der Waals surface area contributed by atoms with Gasteiger partial charge in [0.05, 0.1) is 16.9 Å². The molecule has 19 heavy (non-hydrogen) atoms. The number of nitrogens with one attached hydrogen (secondary N) is 1. The van der Waals surface area contributed by atoms with Gasteiger partial charge in [-0.2, -0.15) is 0 Å². The Balaban J connectivity index is 2.05. The van der Waals surface area contributed by atoms with E-state index in [1.165, 1.54) is 12.8 Å². The summed E-state index contributed by atoms with van der Waals surface area (Å²) in [5, 5.41) is 3.29. The number of amides is 1. The molecular weight excluding hydrogens is 242 g/mol. The van der Waals surface area contributed by atoms with Gasteiger partial charge in [-0.1, -0.05) is 6.07 Å². The summed E-state index contributed by atoms with van der Waals surface area (Å²) in [5.41, 5.74) is 13.2. The van der Waals surface area contributed by atoms with Gasteiger partial charge >= 0.3 is 0 Å². The van der Waals surface area contributed by atoms with Crippen LogP contribution in [0.5, 0.6) is 0 Å². The lowest BCUT2D eigenvalue weighted by atomic mass is 10.0. The predicted molar refractivity (Wildman–Crippen MR) is 76.0 cm³/mol. The fourth-order valence-corrected chi connectivity index (χ4v) is 2.26. The minimum absolute atomic E-state index is 0.285. The Bertz CT molecular complexity index is 470. The molecule has 0 heterocycles. The molecule has 1 aliphatic rings. The van der Waals surface area contributed by atoms with Crippen molar-refractivity contribution in [1.82, 2.24) is 0 Å². The van der Waals surface area contributed by atoms with Crippen molar-refractivity contribution in [2.24, 2.45) is 11.1 Å². The third-order valence-electron chi connectivity index (χ3n) is 3.80. The molecule has 1 aromatic rings. The van der Waals surface area contributed by atoms with Crippen LogP contribution in [0.2, 0.25) is 0 Å². The fourth-order valence-electron chi connectivity index (χ4n) is 2.26. The van der Waals surface area contributed by atoms with Crippen LogP contribution < -0.4 is 16.8 Å². The molecule has 104 valence electrons. The molecule has 0 aliphatic heterocycles. The molecule has 5 heteroatoms. The Kier molecular flexibility index (Phi) is 3.95. The maximum Gasteiger partial charge on any atom is 0.250 e. The lowest BCUT2D eigenvalue weighted by Crippen LogP contribution is -2.21. The van der Waals surface area contributed by atoms with Gasteiger partial charge < -0.3 is 21.5 Å². The summed E-state index contributed by atoms with van der Waals surface area (Å²) in [7, 11) is 1.71. The largest absolute Gasteiger partial charge is 0.397 e. The number of nitrogen functional groups attached to an aromatic ring is 1. The SMILES string of the molecule is COCCC1(CNc2c(N)cccc2C(N)=O)CC1. The van der Waals surface area contributed by atoms with Crippen molar-refractivity contribution in [3.8, 4) is 0 Å². The number of methoxy groups -OCH3 is 1. The first-order valence-electron chi connectivity index (χ1n) is 6.49. The van der Waals surface area contributed by atoms with Crippen molar-refractivity contribution in [2.45, 2.75) is 19.3 Å². The number of hydrogen-bond donors (Lipinski definition) is 3. The van der Waals surface area contributed by atoms with Crippen LogP contribution in [-0.2, 0) is 4.74 Å². The fraction of sp³-hybridized carbons (Fsp3) is 0.500. The number of carbonyl (C=O) groups is 1. The highest BCUT2D eigenvalue weighted by Gasteiger charge is 2.41. The average Bonchev–Trinajstić information content (AvgIpc) is 3.15. The Morgan fingerprint density at radius 3 is 2.79 bits per heavy atom. The van der Waals surface area contributed by atoms with E-state index in [1.807, 2.05) is 0 Å². The number of anilines is 2. The normalized spacial score (nSPS) is 16.1. The molecule has 0 saturated heterocycles. The Labute approximate surface area is 113 Å². The molecule has 0 atom stereocenters. The second-order valence-electron chi connectivity index (χ2n) is 5.23. The Hall–Kier alpha value is -1.75. The third kappa shape index (κ3) is 3.17. The zero-order valence-corrected chi connectivity index (χ0v) is 11.2. The van der Waals surface area contributed by atoms with Crippen molar-refractivity contribution in [3.05, 3.63) is 23.8 Å². The van der Waals surface area contributed by atoms with E-state index in [9.17, 15) is 4.79 Å². The molecule has 1 fully saturated rings. The van der Waals surface area contributed by atoms with E-state index >= 15 is 0 Å². The summed E-state index contributed by atoms with van der Waals surface area (Å²) in [4.78, 5) is 11.4. The zero-order chi connectivity index (χ0) is 13.9. The average molecular weight is 263 g/mol. The Morgan fingerprint density at radius 2 is 2.21 bits per heavy atom. The molecular formula is C14H21N3O2. The van der Waals surface area contributed by atoms with Gasteiger partial charge in [-0.05, 0) is 36.8 Å². The lowest BCUT2D eigenvalue weighted by Gasteiger charge is -2.19. The van der Waals surface area contributed by atoms with Gasteiger partial charge in [-0.3, -0.25) is 4.79 Å². The van der Waals surface area contributed by atoms with Gasteiger partial charge in [-0.25, -0.2) is 0 Å². The minimum atomic E-state index is -0.462. The van der Waals surface area contributed by atoms with Gasteiger partial charge in [0.25, 0.3) is 5.91 Å². The molecule has 0 radical (unpaired) electrons. The molecule has 0 unspecified atom stereocenters. The number of rotatable bonds is 7. The third-order valence-corrected chi connectivity index (χ3v) is 3.80. The number of primary amides is 1. The standard InChI is InChI=1S/C14H21N3O2/c1-19-8-7-14(5-6-14)9-17-12-10(13(16)18)3-2-4-11(12)15/h2-4,17H,5-9,15H2,1H3,(H2,16,18). The van der Waals surface area contributed by atoms with Crippen LogP contribution in [0.1, 0.15) is 29.6 Å². The highest BCUT2D eigenvalue weighted by Crippen LogP contribution is 2.49. The molecule has 1 saturated carbocycles. The maximum atomic E-state index is 11.4. The number of nitrogens with two attached hydrogens (primary N) is 2. The molecule has 1 aromatic carbocycles. The quantitative estimate of drug-likeness (QED) is 0.652. The maximum absolute atomic E-state index is 11.4. The summed E-state index contributed by atoms with van der Waals surface area (Å²) >= 11 is 0. The summed E-state index contributed by atoms with van der Waals surface area (Å²) in [6.07, 6.45) is 3.39. The van der Waals surface area contributed by atoms with Gasteiger partial charge in [0, 0.05) is 20.3 Å². The van der Waals surface area contributed by atoms with E-state index < -0.39 is 5.91 Å². The predicted octanol–water partition coefficient (Wildman–Crippen LogP) is 1.60. The highest BCUT2D eigenvalue weighted by atomic mass is 16.5. The topological polar surface area (TPSA) is 90.4 Å². The summed E-state index contributed by atoms with van der Waals surface area (Å²) in [6.45, 7) is 1.56. The first-order valence-corrected chi connectivity index (χ1v) is 6.49. The van der Waals surface area contributed by atoms with Crippen LogP contribution in [0.3, 0.4) is 0 Å². The number of ether oxygens (including phenoxy) is 1. The van der Waals surface area contributed by atoms with E-state index in [1.54, 1.807) is 25.3 Å². The molecule has 0 spiro atoms. The summed E-state index contributed by atoms with van der Waals surface area (Å²) in [6, 6.07) is 5.19. The minimum Gasteiger partial charge on any atom is -0.397 e. The lowest BCUT2D eigenvalue weighted by molar-refractivity contribution is 0.100. The Morgan fingerprint density at radius 1 is 1.47 bits per heavy atom. The van der Waals surface area contributed by atoms with E-state index in [0.717, 1.165) is 19.6 Å². The monoisotopic (exact) mass is 263 g/mol. The van der Waals surface area contributed by atoms with Crippen LogP contribution >= 0.6 is 0 Å². The van der Waals surface area contributed by atoms with Gasteiger partial charge in [0.2, 0.25) is 0 Å². The first kappa shape index (κ1) is 13.7. The molecule has 1 amide bonds. The van der Waals surface area contributed by atoms with Crippen LogP contribution in [0.4, 0.5) is 11.4 Å². The van der Waals surface area contributed by atoms with E-state index in [-0.39, 0.29) is 5.41 Å². The van der Waals surface area contributed by atoms with Crippen molar-refractivity contribution in [2.75, 3.05) is 31.3 Å². The zero-order valence-electron chi connectivity index (χ0n) is 11.2. The molecule has 5 nitrogen and oxygen atoms in total. The number of para-hydroxylation sites is 1. The van der Waals surface area contributed by atoms with Crippen LogP contribution in [-0.4, -0.2) is 26.2 Å². The summed E-state index contributed by atoms with van der Waals surface area (Å²) in [5.74, 6) is -0.462. The second-order valence-corrected chi connectivity index (χ2v) is 5.23. The van der Waals surface area contributed by atoms with Gasteiger partial charge in [0.15, 0.2) is 0 Å². The number of carbonyl (C=O) groups excluding carboxylic acids is 1. The van der Waals surface area contributed by atoms with Crippen LogP contribution in [0.25, 0.3) is 0 Å². The molecule has 0 bridgehead atoms. The van der Waals surface area contributed by atoms with Gasteiger partial charge in [0.1, 0.15) is 0 Å². The smallest absolute Gasteiger partial charge is 0.250 e. The second kappa shape index (κ2) is 5.48. The van der Waals surface area contributed by atoms with Crippen molar-refractivity contribution in [1.29, 1.82) is 0 Å². The van der Waals surface area contributed by atoms with Crippen molar-refractivity contribution in [3.63, 3.8) is 0 Å².